The van der Waals surface area contributed by atoms with Crippen molar-refractivity contribution >= 4 is 11.4 Å². The number of nitrogens with zero attached hydrogens (tertiary/aromatic N) is 1. The van der Waals surface area contributed by atoms with Crippen molar-refractivity contribution in [1.29, 1.82) is 0 Å². The van der Waals surface area contributed by atoms with Crippen LogP contribution in [0.15, 0.2) is 24.3 Å². The summed E-state index contributed by atoms with van der Waals surface area (Å²) in [5.74, 6) is 0. The van der Waals surface area contributed by atoms with Gasteiger partial charge in [-0.15, -0.1) is 0 Å². The molecule has 4 heteroatoms. The Hall–Kier alpha value is -1.26. The molecule has 0 fully saturated rings. The maximum absolute atomic E-state index is 5.84. The number of methoxy groups -OCH3 is 1. The summed E-state index contributed by atoms with van der Waals surface area (Å²) in [6.45, 7) is 6.32. The van der Waals surface area contributed by atoms with E-state index >= 15 is 0 Å². The van der Waals surface area contributed by atoms with Crippen LogP contribution in [-0.2, 0) is 9.47 Å². The van der Waals surface area contributed by atoms with Gasteiger partial charge in [-0.2, -0.15) is 0 Å². The summed E-state index contributed by atoms with van der Waals surface area (Å²) in [6.07, 6.45) is 2.14. The van der Waals surface area contributed by atoms with Crippen LogP contribution in [0, 0.1) is 0 Å². The first kappa shape index (κ1) is 15.8. The Balaban J connectivity index is 2.36. The van der Waals surface area contributed by atoms with Crippen LogP contribution in [-0.4, -0.2) is 40.0 Å². The zero-order chi connectivity index (χ0) is 13.9. The summed E-state index contributed by atoms with van der Waals surface area (Å²) in [5.41, 5.74) is 7.85. The fourth-order valence-electron chi connectivity index (χ4n) is 1.96. The van der Waals surface area contributed by atoms with Gasteiger partial charge in [0.1, 0.15) is 0 Å². The molecule has 0 saturated heterocycles. The van der Waals surface area contributed by atoms with Gasteiger partial charge in [-0.25, -0.2) is 0 Å². The minimum atomic E-state index is 0.661. The topological polar surface area (TPSA) is 47.7 Å². The van der Waals surface area contributed by atoms with Gasteiger partial charge in [0, 0.05) is 38.2 Å². The smallest absolute Gasteiger partial charge is 0.0700 e. The van der Waals surface area contributed by atoms with Crippen molar-refractivity contribution in [3.8, 4) is 0 Å². The van der Waals surface area contributed by atoms with Crippen molar-refractivity contribution in [3.05, 3.63) is 24.3 Å². The lowest BCUT2D eigenvalue weighted by Crippen LogP contribution is -2.26. The van der Waals surface area contributed by atoms with Crippen LogP contribution in [0.25, 0.3) is 0 Å². The first-order valence-corrected chi connectivity index (χ1v) is 6.95. The second-order valence-electron chi connectivity index (χ2n) is 4.54. The number of benzene rings is 1. The molecule has 0 aliphatic rings. The maximum Gasteiger partial charge on any atom is 0.0700 e. The molecule has 2 N–H and O–H groups in total. The minimum Gasteiger partial charge on any atom is -0.399 e. The average molecular weight is 266 g/mol. The fraction of sp³-hybridized carbons (Fsp3) is 0.600. The molecule has 0 aliphatic heterocycles. The SMILES string of the molecule is CCCN(CCCOCCOC)c1cccc(N)c1. The minimum absolute atomic E-state index is 0.661. The van der Waals surface area contributed by atoms with Crippen LogP contribution in [0.4, 0.5) is 11.4 Å². The van der Waals surface area contributed by atoms with E-state index < -0.39 is 0 Å². The van der Waals surface area contributed by atoms with Crippen LogP contribution in [0.2, 0.25) is 0 Å². The number of ether oxygens (including phenoxy) is 2. The molecule has 0 radical (unpaired) electrons. The molecule has 19 heavy (non-hydrogen) atoms. The summed E-state index contributed by atoms with van der Waals surface area (Å²) in [6, 6.07) is 8.06. The zero-order valence-corrected chi connectivity index (χ0v) is 12.1. The van der Waals surface area contributed by atoms with Gasteiger partial charge < -0.3 is 20.1 Å². The Morgan fingerprint density at radius 3 is 2.68 bits per heavy atom. The lowest BCUT2D eigenvalue weighted by molar-refractivity contribution is 0.0700. The number of nitrogen functional groups attached to an aromatic ring is 1. The lowest BCUT2D eigenvalue weighted by atomic mass is 10.2. The molecule has 0 amide bonds. The van der Waals surface area contributed by atoms with Crippen molar-refractivity contribution < 1.29 is 9.47 Å². The predicted octanol–water partition coefficient (Wildman–Crippen LogP) is 2.54. The molecule has 0 bridgehead atoms. The van der Waals surface area contributed by atoms with Crippen LogP contribution in [0.3, 0.4) is 0 Å². The Labute approximate surface area is 116 Å². The molecular weight excluding hydrogens is 240 g/mol. The predicted molar refractivity (Wildman–Crippen MR) is 80.7 cm³/mol. The highest BCUT2D eigenvalue weighted by Gasteiger charge is 2.05. The lowest BCUT2D eigenvalue weighted by Gasteiger charge is -2.24. The Morgan fingerprint density at radius 1 is 1.16 bits per heavy atom. The van der Waals surface area contributed by atoms with Crippen LogP contribution >= 0.6 is 0 Å². The quantitative estimate of drug-likeness (QED) is 0.522. The van der Waals surface area contributed by atoms with Crippen molar-refractivity contribution in [2.75, 3.05) is 50.7 Å². The molecule has 108 valence electrons. The summed E-state index contributed by atoms with van der Waals surface area (Å²) in [7, 11) is 1.69. The molecule has 0 heterocycles. The number of hydrogen-bond acceptors (Lipinski definition) is 4. The van der Waals surface area contributed by atoms with E-state index in [-0.39, 0.29) is 0 Å². The highest BCUT2D eigenvalue weighted by molar-refractivity contribution is 5.55. The molecule has 0 unspecified atom stereocenters. The largest absolute Gasteiger partial charge is 0.399 e. The van der Waals surface area contributed by atoms with E-state index in [9.17, 15) is 0 Å². The molecule has 0 saturated carbocycles. The summed E-state index contributed by atoms with van der Waals surface area (Å²) in [5, 5.41) is 0. The van der Waals surface area contributed by atoms with Gasteiger partial charge in [-0.1, -0.05) is 13.0 Å². The van der Waals surface area contributed by atoms with Crippen LogP contribution in [0.1, 0.15) is 19.8 Å². The highest BCUT2D eigenvalue weighted by Crippen LogP contribution is 2.18. The molecule has 0 spiro atoms. The van der Waals surface area contributed by atoms with E-state index in [0.717, 1.165) is 38.2 Å². The van der Waals surface area contributed by atoms with Crippen LogP contribution in [0.5, 0.6) is 0 Å². The van der Waals surface area contributed by atoms with E-state index in [1.165, 1.54) is 5.69 Å². The normalized spacial score (nSPS) is 10.6. The zero-order valence-electron chi connectivity index (χ0n) is 12.1. The van der Waals surface area contributed by atoms with Crippen molar-refractivity contribution in [3.63, 3.8) is 0 Å². The first-order chi connectivity index (χ1) is 9.27. The van der Waals surface area contributed by atoms with Gasteiger partial charge in [0.05, 0.1) is 13.2 Å². The standard InChI is InChI=1S/C15H26N2O2/c1-3-8-17(9-5-10-19-12-11-18-2)15-7-4-6-14(16)13-15/h4,6-7,13H,3,5,8-12,16H2,1-2H3. The number of nitrogens with two attached hydrogens (primary N) is 1. The second kappa shape index (κ2) is 9.64. The number of rotatable bonds is 10. The Bertz CT molecular complexity index is 345. The molecule has 0 aromatic heterocycles. The van der Waals surface area contributed by atoms with E-state index in [2.05, 4.69) is 17.9 Å². The van der Waals surface area contributed by atoms with Gasteiger partial charge in [0.2, 0.25) is 0 Å². The van der Waals surface area contributed by atoms with Gasteiger partial charge in [-0.05, 0) is 31.0 Å². The van der Waals surface area contributed by atoms with E-state index in [4.69, 9.17) is 15.2 Å². The fourth-order valence-corrected chi connectivity index (χ4v) is 1.96. The number of anilines is 2. The van der Waals surface area contributed by atoms with E-state index in [0.29, 0.717) is 13.2 Å². The molecule has 0 aliphatic carbocycles. The van der Waals surface area contributed by atoms with Crippen molar-refractivity contribution in [2.45, 2.75) is 19.8 Å². The second-order valence-corrected chi connectivity index (χ2v) is 4.54. The van der Waals surface area contributed by atoms with Crippen molar-refractivity contribution in [2.24, 2.45) is 0 Å². The van der Waals surface area contributed by atoms with Crippen LogP contribution < -0.4 is 10.6 Å². The summed E-state index contributed by atoms with van der Waals surface area (Å²) >= 11 is 0. The number of hydrogen-bond donors (Lipinski definition) is 1. The molecule has 1 aromatic carbocycles. The van der Waals surface area contributed by atoms with Gasteiger partial charge >= 0.3 is 0 Å². The Morgan fingerprint density at radius 2 is 2.00 bits per heavy atom. The average Bonchev–Trinajstić information content (AvgIpc) is 2.41. The van der Waals surface area contributed by atoms with E-state index in [1.807, 2.05) is 18.2 Å². The first-order valence-electron chi connectivity index (χ1n) is 6.95. The summed E-state index contributed by atoms with van der Waals surface area (Å²) in [4.78, 5) is 2.36. The molecular formula is C15H26N2O2. The van der Waals surface area contributed by atoms with Crippen molar-refractivity contribution in [1.82, 2.24) is 0 Å². The third-order valence-corrected chi connectivity index (χ3v) is 2.88. The molecule has 1 aromatic rings. The molecule has 4 nitrogen and oxygen atoms in total. The Kier molecular flexibility index (Phi) is 8.02. The highest BCUT2D eigenvalue weighted by atomic mass is 16.5. The molecule has 1 rings (SSSR count). The van der Waals surface area contributed by atoms with Gasteiger partial charge in [0.15, 0.2) is 0 Å². The van der Waals surface area contributed by atoms with Gasteiger partial charge in [0.25, 0.3) is 0 Å². The summed E-state index contributed by atoms with van der Waals surface area (Å²) < 4.78 is 10.4. The third-order valence-electron chi connectivity index (χ3n) is 2.88. The van der Waals surface area contributed by atoms with Gasteiger partial charge in [-0.3, -0.25) is 0 Å². The van der Waals surface area contributed by atoms with E-state index in [1.54, 1.807) is 7.11 Å². The molecule has 0 atom stereocenters. The monoisotopic (exact) mass is 266 g/mol. The maximum atomic E-state index is 5.84. The third kappa shape index (κ3) is 6.45.